The number of imidazole rings is 1. The number of aryl methyl sites for hydroxylation is 1. The van der Waals surface area contributed by atoms with Crippen molar-refractivity contribution in [2.75, 3.05) is 6.61 Å². The molecule has 0 radical (unpaired) electrons. The maximum absolute atomic E-state index is 11.9. The second-order valence-corrected chi connectivity index (χ2v) is 4.93. The highest BCUT2D eigenvalue weighted by Gasteiger charge is 2.34. The third kappa shape index (κ3) is 2.31. The van der Waals surface area contributed by atoms with Gasteiger partial charge in [0, 0.05) is 25.4 Å². The molecule has 7 heteroatoms. The van der Waals surface area contributed by atoms with E-state index in [1.54, 1.807) is 17.8 Å². The molecule has 0 bridgehead atoms. The van der Waals surface area contributed by atoms with Gasteiger partial charge in [-0.05, 0) is 19.8 Å². The Kier molecular flexibility index (Phi) is 3.25. The number of carbonyl (C=O) groups excluding carboxylic acids is 1. The van der Waals surface area contributed by atoms with Crippen molar-refractivity contribution in [3.8, 4) is 0 Å². The average molecular weight is 275 g/mol. The van der Waals surface area contributed by atoms with Crippen molar-refractivity contribution in [2.24, 2.45) is 7.05 Å². The van der Waals surface area contributed by atoms with Gasteiger partial charge in [0.25, 0.3) is 0 Å². The predicted molar refractivity (Wildman–Crippen MR) is 70.3 cm³/mol. The molecule has 0 atom stereocenters. The molecule has 0 unspecified atom stereocenters. The first-order chi connectivity index (χ1) is 9.70. The Morgan fingerprint density at radius 3 is 2.90 bits per heavy atom. The highest BCUT2D eigenvalue weighted by molar-refractivity contribution is 5.88. The molecule has 1 saturated carbocycles. The summed E-state index contributed by atoms with van der Waals surface area (Å²) in [5.74, 6) is 0.859. The summed E-state index contributed by atoms with van der Waals surface area (Å²) in [4.78, 5) is 16.2. The Morgan fingerprint density at radius 1 is 1.50 bits per heavy atom. The summed E-state index contributed by atoms with van der Waals surface area (Å²) in [5, 5.41) is 8.12. The molecule has 2 heterocycles. The lowest BCUT2D eigenvalue weighted by Gasteiger charge is -2.07. The SMILES string of the molecule is CCOC(=O)c1nnn(Cc2nccn2C)c1C1CC1. The lowest BCUT2D eigenvalue weighted by molar-refractivity contribution is 0.0518. The molecular formula is C13H17N5O2. The summed E-state index contributed by atoms with van der Waals surface area (Å²) in [5.41, 5.74) is 1.23. The van der Waals surface area contributed by atoms with Gasteiger partial charge >= 0.3 is 5.97 Å². The molecule has 0 saturated heterocycles. The van der Waals surface area contributed by atoms with Crippen LogP contribution in [-0.4, -0.2) is 37.1 Å². The van der Waals surface area contributed by atoms with Gasteiger partial charge in [0.1, 0.15) is 12.4 Å². The quantitative estimate of drug-likeness (QED) is 0.764. The number of hydrogen-bond donors (Lipinski definition) is 0. The van der Waals surface area contributed by atoms with Crippen LogP contribution in [0.3, 0.4) is 0 Å². The van der Waals surface area contributed by atoms with E-state index in [4.69, 9.17) is 4.74 Å². The summed E-state index contributed by atoms with van der Waals surface area (Å²) in [7, 11) is 1.93. The zero-order valence-electron chi connectivity index (χ0n) is 11.6. The zero-order valence-corrected chi connectivity index (χ0v) is 11.6. The van der Waals surface area contributed by atoms with Crippen LogP contribution in [0.2, 0.25) is 0 Å². The van der Waals surface area contributed by atoms with Crippen LogP contribution in [0.15, 0.2) is 12.4 Å². The number of esters is 1. The minimum absolute atomic E-state index is 0.342. The van der Waals surface area contributed by atoms with Crippen LogP contribution in [0.1, 0.15) is 47.7 Å². The van der Waals surface area contributed by atoms with E-state index in [0.717, 1.165) is 24.4 Å². The highest BCUT2D eigenvalue weighted by Crippen LogP contribution is 2.41. The van der Waals surface area contributed by atoms with Gasteiger partial charge in [-0.15, -0.1) is 5.10 Å². The second kappa shape index (κ2) is 5.07. The predicted octanol–water partition coefficient (Wildman–Crippen LogP) is 1.11. The summed E-state index contributed by atoms with van der Waals surface area (Å²) in [6.07, 6.45) is 5.77. The Hall–Kier alpha value is -2.18. The molecule has 1 aliphatic carbocycles. The van der Waals surface area contributed by atoms with E-state index in [9.17, 15) is 4.79 Å². The van der Waals surface area contributed by atoms with Crippen LogP contribution >= 0.6 is 0 Å². The molecule has 7 nitrogen and oxygen atoms in total. The zero-order chi connectivity index (χ0) is 14.1. The van der Waals surface area contributed by atoms with Crippen molar-refractivity contribution >= 4 is 5.97 Å². The molecule has 20 heavy (non-hydrogen) atoms. The maximum Gasteiger partial charge on any atom is 0.360 e. The maximum atomic E-state index is 11.9. The van der Waals surface area contributed by atoms with Crippen LogP contribution in [0.4, 0.5) is 0 Å². The molecule has 0 N–H and O–H groups in total. The van der Waals surface area contributed by atoms with Gasteiger partial charge < -0.3 is 9.30 Å². The van der Waals surface area contributed by atoms with E-state index in [-0.39, 0.29) is 5.97 Å². The molecule has 1 aliphatic rings. The summed E-state index contributed by atoms with van der Waals surface area (Å²) in [6.45, 7) is 2.64. The number of nitrogens with zero attached hydrogens (tertiary/aromatic N) is 5. The van der Waals surface area contributed by atoms with Gasteiger partial charge in [0.05, 0.1) is 12.3 Å². The van der Waals surface area contributed by atoms with E-state index in [0.29, 0.717) is 24.8 Å². The van der Waals surface area contributed by atoms with Crippen LogP contribution in [0, 0.1) is 0 Å². The Balaban J connectivity index is 1.91. The monoisotopic (exact) mass is 275 g/mol. The Labute approximate surface area is 116 Å². The summed E-state index contributed by atoms with van der Waals surface area (Å²) < 4.78 is 8.75. The molecule has 0 aliphatic heterocycles. The first kappa shape index (κ1) is 12.8. The minimum Gasteiger partial charge on any atom is -0.461 e. The van der Waals surface area contributed by atoms with E-state index in [1.165, 1.54) is 0 Å². The van der Waals surface area contributed by atoms with E-state index in [1.807, 2.05) is 17.8 Å². The molecule has 0 aromatic carbocycles. The molecule has 106 valence electrons. The number of hydrogen-bond acceptors (Lipinski definition) is 5. The molecule has 2 aromatic rings. The second-order valence-electron chi connectivity index (χ2n) is 4.93. The van der Waals surface area contributed by atoms with Gasteiger partial charge in [-0.3, -0.25) is 0 Å². The number of aromatic nitrogens is 5. The fraction of sp³-hybridized carbons (Fsp3) is 0.538. The van der Waals surface area contributed by atoms with E-state index in [2.05, 4.69) is 15.3 Å². The average Bonchev–Trinajstić information content (AvgIpc) is 3.06. The molecule has 0 amide bonds. The topological polar surface area (TPSA) is 74.8 Å². The van der Waals surface area contributed by atoms with Crippen LogP contribution < -0.4 is 0 Å². The Morgan fingerprint density at radius 2 is 2.30 bits per heavy atom. The number of rotatable bonds is 5. The van der Waals surface area contributed by atoms with Crippen LogP contribution in [-0.2, 0) is 18.3 Å². The van der Waals surface area contributed by atoms with Gasteiger partial charge in [0.2, 0.25) is 0 Å². The van der Waals surface area contributed by atoms with Gasteiger partial charge in [-0.1, -0.05) is 5.21 Å². The van der Waals surface area contributed by atoms with E-state index >= 15 is 0 Å². The standard InChI is InChI=1S/C13H17N5O2/c1-3-20-13(19)11-12(9-4-5-9)18(16-15-11)8-10-14-6-7-17(10)2/h6-7,9H,3-5,8H2,1-2H3. The molecule has 2 aromatic heterocycles. The molecule has 1 fully saturated rings. The van der Waals surface area contributed by atoms with E-state index < -0.39 is 0 Å². The number of carbonyl (C=O) groups is 1. The van der Waals surface area contributed by atoms with Gasteiger partial charge in [0.15, 0.2) is 5.69 Å². The van der Waals surface area contributed by atoms with Crippen molar-refractivity contribution < 1.29 is 9.53 Å². The molecule has 3 rings (SSSR count). The third-order valence-corrected chi connectivity index (χ3v) is 3.42. The first-order valence-corrected chi connectivity index (χ1v) is 6.77. The summed E-state index contributed by atoms with van der Waals surface area (Å²) in [6, 6.07) is 0. The van der Waals surface area contributed by atoms with Gasteiger partial charge in [-0.2, -0.15) is 0 Å². The highest BCUT2D eigenvalue weighted by atomic mass is 16.5. The largest absolute Gasteiger partial charge is 0.461 e. The first-order valence-electron chi connectivity index (χ1n) is 6.77. The smallest absolute Gasteiger partial charge is 0.360 e. The lowest BCUT2D eigenvalue weighted by atomic mass is 10.2. The van der Waals surface area contributed by atoms with Gasteiger partial charge in [-0.25, -0.2) is 14.5 Å². The van der Waals surface area contributed by atoms with Crippen molar-refractivity contribution in [3.63, 3.8) is 0 Å². The fourth-order valence-electron chi connectivity index (χ4n) is 2.23. The minimum atomic E-state index is -0.388. The lowest BCUT2D eigenvalue weighted by Crippen LogP contribution is -2.12. The van der Waals surface area contributed by atoms with Crippen LogP contribution in [0.25, 0.3) is 0 Å². The normalized spacial score (nSPS) is 14.5. The Bertz CT molecular complexity index is 626. The van der Waals surface area contributed by atoms with Crippen LogP contribution in [0.5, 0.6) is 0 Å². The molecule has 0 spiro atoms. The van der Waals surface area contributed by atoms with Crippen molar-refractivity contribution in [2.45, 2.75) is 32.2 Å². The molecular weight excluding hydrogens is 258 g/mol. The third-order valence-electron chi connectivity index (χ3n) is 3.42. The van der Waals surface area contributed by atoms with Crippen molar-refractivity contribution in [1.82, 2.24) is 24.5 Å². The van der Waals surface area contributed by atoms with Crippen molar-refractivity contribution in [1.29, 1.82) is 0 Å². The fourth-order valence-corrected chi connectivity index (χ4v) is 2.23. The number of ether oxygens (including phenoxy) is 1. The van der Waals surface area contributed by atoms with Crippen molar-refractivity contribution in [3.05, 3.63) is 29.6 Å². The summed E-state index contributed by atoms with van der Waals surface area (Å²) >= 11 is 0.